The molecule has 3 atom stereocenters. The number of carboxylic acids is 1. The second-order valence-corrected chi connectivity index (χ2v) is 17.9. The fraction of sp³-hybridized carbons (Fsp3) is 0.519. The number of ether oxygens (including phenoxy) is 6. The van der Waals surface area contributed by atoms with Crippen molar-refractivity contribution < 1.29 is 42.8 Å². The first-order valence-corrected chi connectivity index (χ1v) is 23.0. The third-order valence-electron chi connectivity index (χ3n) is 13.8. The molecule has 0 fully saturated rings. The van der Waals surface area contributed by atoms with Gasteiger partial charge in [0.15, 0.2) is 34.5 Å². The molecule has 10 heteroatoms. The van der Waals surface area contributed by atoms with Gasteiger partial charge in [0, 0.05) is 43.0 Å². The number of rotatable bonds is 18. The maximum Gasteiger partial charge on any atom is 0.303 e. The Morgan fingerprint density at radius 2 is 1.32 bits per heavy atom. The molecule has 0 aromatic heterocycles. The summed E-state index contributed by atoms with van der Waals surface area (Å²) in [7, 11) is 11.4. The van der Waals surface area contributed by atoms with Crippen molar-refractivity contribution in [1.82, 2.24) is 4.90 Å². The van der Waals surface area contributed by atoms with E-state index in [9.17, 15) is 4.79 Å². The highest BCUT2D eigenvalue weighted by molar-refractivity contribution is 5.66. The number of unbranched alkanes of at least 4 members (excludes halogenated alkanes) is 10. The van der Waals surface area contributed by atoms with Gasteiger partial charge in [-0.2, -0.15) is 0 Å². The molecule has 4 heterocycles. The van der Waals surface area contributed by atoms with Crippen LogP contribution in [0.4, 0.5) is 0 Å². The Morgan fingerprint density at radius 1 is 0.694 bits per heavy atom. The number of hydrogen-bond donors (Lipinski definition) is 1. The lowest BCUT2D eigenvalue weighted by Crippen LogP contribution is -2.52. The number of hydrogen-bond acceptors (Lipinski definition) is 8. The highest BCUT2D eigenvalue weighted by atomic mass is 16.5. The fourth-order valence-electron chi connectivity index (χ4n) is 10.1. The number of carboxylic acid groups (broad SMARTS) is 1. The van der Waals surface area contributed by atoms with E-state index in [0.29, 0.717) is 53.1 Å². The van der Waals surface area contributed by atoms with Crippen molar-refractivity contribution in [2.24, 2.45) is 0 Å². The van der Waals surface area contributed by atoms with Crippen molar-refractivity contribution in [2.75, 3.05) is 62.2 Å². The van der Waals surface area contributed by atoms with Gasteiger partial charge in [0.25, 0.3) is 0 Å². The molecule has 0 amide bonds. The summed E-state index contributed by atoms with van der Waals surface area (Å²) in [5.74, 6) is 4.76. The molecule has 4 aliphatic rings. The summed E-state index contributed by atoms with van der Waals surface area (Å²) in [6.45, 7) is 3.04. The first-order chi connectivity index (χ1) is 30.1. The maximum atomic E-state index is 10.8. The summed E-state index contributed by atoms with van der Waals surface area (Å²) in [6, 6.07) is 21.6. The van der Waals surface area contributed by atoms with E-state index in [1.165, 1.54) is 73.6 Å². The highest BCUT2D eigenvalue weighted by Crippen LogP contribution is 2.52. The molecule has 1 N–H and O–H groups in total. The van der Waals surface area contributed by atoms with Crippen molar-refractivity contribution >= 4 is 5.97 Å². The highest BCUT2D eigenvalue weighted by Gasteiger charge is 2.40. The van der Waals surface area contributed by atoms with Gasteiger partial charge < -0.3 is 38.0 Å². The molecule has 0 aliphatic carbocycles. The molecule has 10 nitrogen and oxygen atoms in total. The van der Waals surface area contributed by atoms with E-state index >= 15 is 0 Å². The van der Waals surface area contributed by atoms with Gasteiger partial charge in [0.05, 0.1) is 48.6 Å². The molecular weight excluding hydrogens is 781 g/mol. The molecule has 0 radical (unpaired) electrons. The minimum absolute atomic E-state index is 0.0221. The first kappa shape index (κ1) is 45.1. The number of fused-ring (bicyclic) bond motifs is 2. The van der Waals surface area contributed by atoms with Crippen LogP contribution in [-0.4, -0.2) is 82.6 Å². The summed E-state index contributed by atoms with van der Waals surface area (Å²) < 4.78 is 38.9. The third kappa shape index (κ3) is 10.5. The molecule has 4 aromatic carbocycles. The molecule has 3 unspecified atom stereocenters. The Labute approximate surface area is 369 Å². The zero-order chi connectivity index (χ0) is 43.6. The van der Waals surface area contributed by atoms with Crippen LogP contribution in [0.2, 0.25) is 0 Å². The number of quaternary nitrogens is 1. The maximum absolute atomic E-state index is 10.8. The van der Waals surface area contributed by atoms with Gasteiger partial charge in [-0.15, -0.1) is 0 Å². The summed E-state index contributed by atoms with van der Waals surface area (Å²) in [5, 5.41) is 8.86. The zero-order valence-corrected chi connectivity index (χ0v) is 38.1. The second-order valence-electron chi connectivity index (χ2n) is 17.9. The molecule has 4 aromatic rings. The predicted octanol–water partition coefficient (Wildman–Crippen LogP) is 11.4. The van der Waals surface area contributed by atoms with Crippen LogP contribution in [0.5, 0.6) is 46.0 Å². The Bertz CT molecular complexity index is 2140. The number of aliphatic carboxylic acids is 1. The summed E-state index contributed by atoms with van der Waals surface area (Å²) in [4.78, 5) is 13.2. The van der Waals surface area contributed by atoms with E-state index in [1.807, 2.05) is 6.07 Å². The van der Waals surface area contributed by atoms with Gasteiger partial charge >= 0.3 is 5.97 Å². The predicted molar refractivity (Wildman–Crippen MR) is 244 cm³/mol. The van der Waals surface area contributed by atoms with Gasteiger partial charge in [0.2, 0.25) is 5.75 Å². The van der Waals surface area contributed by atoms with Crippen LogP contribution in [-0.2, 0) is 30.5 Å². The van der Waals surface area contributed by atoms with Gasteiger partial charge in [-0.3, -0.25) is 9.69 Å². The van der Waals surface area contributed by atoms with Crippen LogP contribution >= 0.6 is 0 Å². The van der Waals surface area contributed by atoms with Crippen molar-refractivity contribution in [2.45, 2.75) is 115 Å². The van der Waals surface area contributed by atoms with Crippen molar-refractivity contribution in [3.05, 3.63) is 94.0 Å². The topological polar surface area (TPSA) is 95.9 Å². The van der Waals surface area contributed by atoms with Crippen molar-refractivity contribution in [3.63, 3.8) is 0 Å². The van der Waals surface area contributed by atoms with Gasteiger partial charge in [-0.25, -0.2) is 0 Å². The Balaban J connectivity index is 1.20. The van der Waals surface area contributed by atoms with Crippen LogP contribution < -0.4 is 28.4 Å². The number of methoxy groups -OCH3 is 4. The van der Waals surface area contributed by atoms with Crippen LogP contribution in [0.15, 0.2) is 60.7 Å². The monoisotopic (exact) mass is 850 g/mol. The van der Waals surface area contributed by atoms with Gasteiger partial charge in [-0.05, 0) is 104 Å². The zero-order valence-electron chi connectivity index (χ0n) is 38.1. The van der Waals surface area contributed by atoms with E-state index in [0.717, 1.165) is 79.5 Å². The Kier molecular flexibility index (Phi) is 15.2. The molecule has 0 saturated carbocycles. The lowest BCUT2D eigenvalue weighted by atomic mass is 9.85. The average Bonchev–Trinajstić information content (AvgIpc) is 3.27. The fourth-order valence-corrected chi connectivity index (χ4v) is 10.1. The number of carbonyl (C=O) groups is 1. The molecule has 8 rings (SSSR count). The number of likely N-dealkylation sites (N-methyl/N-ethyl adjacent to an activating group) is 2. The standard InChI is InChI=1S/C52H68N2O8/c1-53-27-25-39-34-48(59-5)51(60-6)52-50(39)42(53)30-37-21-24-44(57-3)46(32-37)61-40-22-19-36(20-23-40)31-43-41-35-47(62-52)45(58-4)33-38(41)26-29-54(43,2)28-17-15-13-11-9-7-8-10-12-14-16-18-49(55)56/h19-24,32-35,42-43H,7-18,25-31H2,1-6H3/p+1. The third-order valence-corrected chi connectivity index (χ3v) is 13.8. The summed E-state index contributed by atoms with van der Waals surface area (Å²) in [5.41, 5.74) is 7.28. The SMILES string of the molecule is COc1ccc2cc1Oc1ccc(cc1)CC1c3cc(c(OC)cc3CC[N+]1(C)CCCCCCCCCCCCCC(=O)O)Oc1c(OC)c(OC)cc3c1C(C2)N(C)CC3. The van der Waals surface area contributed by atoms with Crippen molar-refractivity contribution in [3.8, 4) is 46.0 Å². The van der Waals surface area contributed by atoms with E-state index in [1.54, 1.807) is 28.4 Å². The molecule has 6 bridgehead atoms. The molecule has 4 aliphatic heterocycles. The van der Waals surface area contributed by atoms with Gasteiger partial charge in [-0.1, -0.05) is 69.6 Å². The van der Waals surface area contributed by atoms with E-state index < -0.39 is 5.97 Å². The largest absolute Gasteiger partial charge is 0.493 e. The average molecular weight is 850 g/mol. The lowest BCUT2D eigenvalue weighted by Gasteiger charge is -2.46. The van der Waals surface area contributed by atoms with E-state index in [-0.39, 0.29) is 12.1 Å². The molecule has 0 saturated heterocycles. The molecule has 0 spiro atoms. The minimum atomic E-state index is -0.683. The smallest absolute Gasteiger partial charge is 0.303 e. The van der Waals surface area contributed by atoms with Crippen LogP contribution in [0.1, 0.15) is 123 Å². The van der Waals surface area contributed by atoms with Crippen LogP contribution in [0, 0.1) is 0 Å². The summed E-state index contributed by atoms with van der Waals surface area (Å²) >= 11 is 0. The molecule has 62 heavy (non-hydrogen) atoms. The lowest BCUT2D eigenvalue weighted by molar-refractivity contribution is -0.941. The van der Waals surface area contributed by atoms with Crippen LogP contribution in [0.3, 0.4) is 0 Å². The Hall–Kier alpha value is -4.93. The second kappa shape index (κ2) is 21.0. The first-order valence-electron chi connectivity index (χ1n) is 23.0. The van der Waals surface area contributed by atoms with E-state index in [2.05, 4.69) is 73.6 Å². The molecular formula is C52H69N2O8+. The number of nitrogens with zero attached hydrogens (tertiary/aromatic N) is 2. The number of benzene rings is 4. The van der Waals surface area contributed by atoms with E-state index in [4.69, 9.17) is 33.5 Å². The quantitative estimate of drug-likeness (QED) is 0.0775. The van der Waals surface area contributed by atoms with Crippen molar-refractivity contribution in [1.29, 1.82) is 0 Å². The minimum Gasteiger partial charge on any atom is -0.493 e. The Morgan fingerprint density at radius 3 is 1.98 bits per heavy atom. The van der Waals surface area contributed by atoms with Crippen LogP contribution in [0.25, 0.3) is 0 Å². The normalized spacial score (nSPS) is 19.3. The van der Waals surface area contributed by atoms with Gasteiger partial charge in [0.1, 0.15) is 11.8 Å². The summed E-state index contributed by atoms with van der Waals surface area (Å²) in [6.07, 6.45) is 16.6. The molecule has 334 valence electrons.